The fourth-order valence-corrected chi connectivity index (χ4v) is 5.25. The van der Waals surface area contributed by atoms with E-state index in [-0.39, 0.29) is 11.6 Å². The molecule has 4 aromatic carbocycles. The Balaban J connectivity index is 1.32. The van der Waals surface area contributed by atoms with Crippen LogP contribution in [0.3, 0.4) is 0 Å². The summed E-state index contributed by atoms with van der Waals surface area (Å²) in [6.45, 7) is 6.14. The maximum atomic E-state index is 14.9. The average Bonchev–Trinajstić information content (AvgIpc) is 2.98. The van der Waals surface area contributed by atoms with E-state index in [9.17, 15) is 8.78 Å². The van der Waals surface area contributed by atoms with Crippen LogP contribution in [0.2, 0.25) is 0 Å². The number of aryl methyl sites for hydroxylation is 5. The van der Waals surface area contributed by atoms with Crippen molar-refractivity contribution in [2.24, 2.45) is 0 Å². The minimum absolute atomic E-state index is 0.138. The normalized spacial score (nSPS) is 10.9. The lowest BCUT2D eigenvalue weighted by atomic mass is 9.98. The molecule has 0 aliphatic rings. The molecule has 0 saturated heterocycles. The molecule has 0 unspecified atom stereocenters. The fraction of sp³-hybridized carbons (Fsp3) is 0.333. The average molecular weight is 549 g/mol. The molecule has 0 aromatic heterocycles. The van der Waals surface area contributed by atoms with Crippen molar-refractivity contribution in [2.75, 3.05) is 0 Å². The summed E-state index contributed by atoms with van der Waals surface area (Å²) in [6.07, 6.45) is 10.8. The van der Waals surface area contributed by atoms with Crippen LogP contribution in [-0.2, 0) is 25.7 Å². The van der Waals surface area contributed by atoms with Gasteiger partial charge in [0.05, 0.1) is 0 Å². The molecule has 0 aliphatic heterocycles. The second kappa shape index (κ2) is 15.3. The van der Waals surface area contributed by atoms with E-state index in [1.54, 1.807) is 19.1 Å². The predicted octanol–water partition coefficient (Wildman–Crippen LogP) is 10.6. The number of unbranched alkanes of at least 4 members (excludes halogenated alkanes) is 4. The third-order valence-electron chi connectivity index (χ3n) is 7.77. The van der Waals surface area contributed by atoms with E-state index in [2.05, 4.69) is 56.0 Å². The Morgan fingerprint density at radius 3 is 1.88 bits per heavy atom. The van der Waals surface area contributed by atoms with Gasteiger partial charge in [0.15, 0.2) is 0 Å². The van der Waals surface area contributed by atoms with Crippen molar-refractivity contribution < 1.29 is 8.78 Å². The lowest BCUT2D eigenvalue weighted by molar-refractivity contribution is 0.616. The van der Waals surface area contributed by atoms with Crippen LogP contribution in [0.4, 0.5) is 8.78 Å². The van der Waals surface area contributed by atoms with Gasteiger partial charge in [-0.25, -0.2) is 8.78 Å². The van der Waals surface area contributed by atoms with Gasteiger partial charge in [-0.15, -0.1) is 0 Å². The highest BCUT2D eigenvalue weighted by atomic mass is 19.1. The highest BCUT2D eigenvalue weighted by Gasteiger charge is 2.08. The Labute approximate surface area is 245 Å². The molecule has 41 heavy (non-hydrogen) atoms. The molecule has 212 valence electrons. The standard InChI is InChI=1S/C39H42F2/c1-4-6-7-8-9-11-33-21-25-37(39(41)27-33)34-22-18-32(19-23-34)17-14-30-12-15-31(16-13-30)20-24-36-28-38(40)29(3)26-35(36)10-5-2/h12-13,15-16,18-19,21-23,25-28H,4-11,14,17H2,1-3H3. The predicted molar refractivity (Wildman–Crippen MR) is 169 cm³/mol. The first-order chi connectivity index (χ1) is 20.0. The SMILES string of the molecule is CCCCCCCc1ccc(-c2ccc(CCc3ccc(C#Cc4cc(F)c(C)cc4CCC)cc3)cc2)c(F)c1. The molecule has 4 aromatic rings. The number of halogens is 2. The number of hydrogen-bond acceptors (Lipinski definition) is 0. The van der Waals surface area contributed by atoms with Gasteiger partial charge in [-0.1, -0.05) is 112 Å². The van der Waals surface area contributed by atoms with Crippen molar-refractivity contribution >= 4 is 0 Å². The van der Waals surface area contributed by atoms with Crippen LogP contribution in [0.1, 0.15) is 91.3 Å². The van der Waals surface area contributed by atoms with Crippen LogP contribution in [0.5, 0.6) is 0 Å². The van der Waals surface area contributed by atoms with Gasteiger partial charge in [-0.2, -0.15) is 0 Å². The number of benzene rings is 4. The van der Waals surface area contributed by atoms with E-state index in [1.165, 1.54) is 36.8 Å². The minimum Gasteiger partial charge on any atom is -0.207 e. The zero-order chi connectivity index (χ0) is 29.0. The topological polar surface area (TPSA) is 0 Å². The van der Waals surface area contributed by atoms with Crippen LogP contribution in [-0.4, -0.2) is 0 Å². The summed E-state index contributed by atoms with van der Waals surface area (Å²) < 4.78 is 29.0. The Morgan fingerprint density at radius 2 is 1.22 bits per heavy atom. The van der Waals surface area contributed by atoms with Crippen LogP contribution < -0.4 is 0 Å². The van der Waals surface area contributed by atoms with Crippen molar-refractivity contribution in [3.05, 3.63) is 129 Å². The molecule has 0 amide bonds. The van der Waals surface area contributed by atoms with E-state index >= 15 is 0 Å². The zero-order valence-corrected chi connectivity index (χ0v) is 24.8. The van der Waals surface area contributed by atoms with Gasteiger partial charge in [0.2, 0.25) is 0 Å². The second-order valence-corrected chi connectivity index (χ2v) is 11.1. The van der Waals surface area contributed by atoms with Crippen LogP contribution >= 0.6 is 0 Å². The van der Waals surface area contributed by atoms with Gasteiger partial charge < -0.3 is 0 Å². The molecule has 0 aliphatic carbocycles. The summed E-state index contributed by atoms with van der Waals surface area (Å²) in [5.74, 6) is 6.05. The molecule has 0 spiro atoms. The van der Waals surface area contributed by atoms with Crippen LogP contribution in [0, 0.1) is 30.4 Å². The maximum absolute atomic E-state index is 14.9. The Morgan fingerprint density at radius 1 is 0.561 bits per heavy atom. The molecular formula is C39H42F2. The van der Waals surface area contributed by atoms with Crippen LogP contribution in [0.15, 0.2) is 78.9 Å². The smallest absolute Gasteiger partial charge is 0.131 e. The molecule has 0 saturated carbocycles. The van der Waals surface area contributed by atoms with Crippen molar-refractivity contribution in [1.82, 2.24) is 0 Å². The molecule has 0 N–H and O–H groups in total. The van der Waals surface area contributed by atoms with Crippen molar-refractivity contribution in [3.63, 3.8) is 0 Å². The highest BCUT2D eigenvalue weighted by Crippen LogP contribution is 2.25. The minimum atomic E-state index is -0.205. The number of hydrogen-bond donors (Lipinski definition) is 0. The molecule has 0 heterocycles. The van der Waals surface area contributed by atoms with Crippen molar-refractivity contribution in [1.29, 1.82) is 0 Å². The zero-order valence-electron chi connectivity index (χ0n) is 24.8. The summed E-state index contributed by atoms with van der Waals surface area (Å²) >= 11 is 0. The van der Waals surface area contributed by atoms with E-state index < -0.39 is 0 Å². The lowest BCUT2D eigenvalue weighted by Gasteiger charge is -2.08. The molecular weight excluding hydrogens is 506 g/mol. The molecule has 0 fully saturated rings. The Bertz CT molecular complexity index is 1470. The van der Waals surface area contributed by atoms with Gasteiger partial charge in [-0.05, 0) is 96.7 Å². The van der Waals surface area contributed by atoms with E-state index in [1.807, 2.05) is 36.4 Å². The highest BCUT2D eigenvalue weighted by molar-refractivity contribution is 5.65. The monoisotopic (exact) mass is 548 g/mol. The van der Waals surface area contributed by atoms with Crippen molar-refractivity contribution in [3.8, 4) is 23.0 Å². The van der Waals surface area contributed by atoms with Gasteiger partial charge in [0.1, 0.15) is 11.6 Å². The number of rotatable bonds is 12. The second-order valence-electron chi connectivity index (χ2n) is 11.1. The van der Waals surface area contributed by atoms with Gasteiger partial charge in [0.25, 0.3) is 0 Å². The molecule has 2 heteroatoms. The summed E-state index contributed by atoms with van der Waals surface area (Å²) in [4.78, 5) is 0. The molecule has 0 bridgehead atoms. The van der Waals surface area contributed by atoms with E-state index in [0.29, 0.717) is 11.1 Å². The Hall–Kier alpha value is -3.70. The first-order valence-corrected chi connectivity index (χ1v) is 15.2. The summed E-state index contributed by atoms with van der Waals surface area (Å²) in [5.41, 5.74) is 8.61. The third kappa shape index (κ3) is 8.89. The fourth-order valence-electron chi connectivity index (χ4n) is 5.25. The van der Waals surface area contributed by atoms with E-state index in [0.717, 1.165) is 66.3 Å². The molecule has 0 nitrogen and oxygen atoms in total. The molecule has 4 rings (SSSR count). The summed E-state index contributed by atoms with van der Waals surface area (Å²) in [6, 6.07) is 25.7. The quantitative estimate of drug-likeness (QED) is 0.122. The summed E-state index contributed by atoms with van der Waals surface area (Å²) in [7, 11) is 0. The van der Waals surface area contributed by atoms with Gasteiger partial charge in [-0.3, -0.25) is 0 Å². The third-order valence-corrected chi connectivity index (χ3v) is 7.77. The van der Waals surface area contributed by atoms with E-state index in [4.69, 9.17) is 0 Å². The summed E-state index contributed by atoms with van der Waals surface area (Å²) in [5, 5.41) is 0. The molecule has 0 radical (unpaired) electrons. The first-order valence-electron chi connectivity index (χ1n) is 15.2. The Kier molecular flexibility index (Phi) is 11.3. The van der Waals surface area contributed by atoms with Crippen LogP contribution in [0.25, 0.3) is 11.1 Å². The van der Waals surface area contributed by atoms with Crippen molar-refractivity contribution in [2.45, 2.75) is 85.0 Å². The van der Waals surface area contributed by atoms with Gasteiger partial charge >= 0.3 is 0 Å². The molecule has 0 atom stereocenters. The maximum Gasteiger partial charge on any atom is 0.131 e. The largest absolute Gasteiger partial charge is 0.207 e. The van der Waals surface area contributed by atoms with Gasteiger partial charge in [0, 0.05) is 16.7 Å². The first kappa shape index (κ1) is 30.3. The lowest BCUT2D eigenvalue weighted by Crippen LogP contribution is -1.94.